The Morgan fingerprint density at radius 3 is 2.44 bits per heavy atom. The molecule has 1 aromatic rings. The van der Waals surface area contributed by atoms with Crippen LogP contribution in [0.25, 0.3) is 0 Å². The minimum atomic E-state index is -0.447. The number of anilines is 1. The SMILES string of the molecule is CCC(CC)(CN)Nc1ccc(Br)cc1C(N)=O. The van der Waals surface area contributed by atoms with Gasteiger partial charge in [0.05, 0.1) is 5.56 Å². The molecule has 5 N–H and O–H groups in total. The van der Waals surface area contributed by atoms with Crippen molar-refractivity contribution in [3.05, 3.63) is 28.2 Å². The topological polar surface area (TPSA) is 81.1 Å². The lowest BCUT2D eigenvalue weighted by atomic mass is 9.92. The molecule has 0 aliphatic carbocycles. The zero-order valence-corrected chi connectivity index (χ0v) is 12.4. The molecular weight excluding hydrogens is 294 g/mol. The number of hydrogen-bond acceptors (Lipinski definition) is 3. The summed E-state index contributed by atoms with van der Waals surface area (Å²) in [7, 11) is 0. The van der Waals surface area contributed by atoms with Crippen molar-refractivity contribution in [2.75, 3.05) is 11.9 Å². The van der Waals surface area contributed by atoms with E-state index in [1.54, 1.807) is 6.07 Å². The second kappa shape index (κ2) is 6.20. The van der Waals surface area contributed by atoms with E-state index in [9.17, 15) is 4.79 Å². The molecule has 100 valence electrons. The highest BCUT2D eigenvalue weighted by molar-refractivity contribution is 9.10. The van der Waals surface area contributed by atoms with Crippen LogP contribution in [0.15, 0.2) is 22.7 Å². The first-order valence-corrected chi connectivity index (χ1v) is 6.85. The highest BCUT2D eigenvalue weighted by Gasteiger charge is 2.25. The molecular formula is C13H20BrN3O. The minimum absolute atomic E-state index is 0.196. The van der Waals surface area contributed by atoms with Gasteiger partial charge in [0.2, 0.25) is 0 Å². The lowest BCUT2D eigenvalue weighted by Gasteiger charge is -2.33. The summed E-state index contributed by atoms with van der Waals surface area (Å²) in [6.07, 6.45) is 1.77. The van der Waals surface area contributed by atoms with Crippen LogP contribution in [0, 0.1) is 0 Å². The summed E-state index contributed by atoms with van der Waals surface area (Å²) < 4.78 is 0.827. The summed E-state index contributed by atoms with van der Waals surface area (Å²) in [6.45, 7) is 4.66. The van der Waals surface area contributed by atoms with Crippen LogP contribution in [-0.2, 0) is 0 Å². The summed E-state index contributed by atoms with van der Waals surface area (Å²) in [5.41, 5.74) is 12.3. The summed E-state index contributed by atoms with van der Waals surface area (Å²) in [5.74, 6) is -0.447. The van der Waals surface area contributed by atoms with Gasteiger partial charge in [-0.05, 0) is 31.0 Å². The van der Waals surface area contributed by atoms with Gasteiger partial charge in [-0.15, -0.1) is 0 Å². The van der Waals surface area contributed by atoms with Crippen LogP contribution in [0.5, 0.6) is 0 Å². The molecule has 0 saturated carbocycles. The molecule has 0 bridgehead atoms. The smallest absolute Gasteiger partial charge is 0.250 e. The quantitative estimate of drug-likeness (QED) is 0.754. The summed E-state index contributed by atoms with van der Waals surface area (Å²) in [6, 6.07) is 5.44. The maximum absolute atomic E-state index is 11.5. The van der Waals surface area contributed by atoms with Crippen molar-refractivity contribution < 1.29 is 4.79 Å². The van der Waals surface area contributed by atoms with Gasteiger partial charge in [-0.2, -0.15) is 0 Å². The Morgan fingerprint density at radius 2 is 2.00 bits per heavy atom. The van der Waals surface area contributed by atoms with Crippen LogP contribution < -0.4 is 16.8 Å². The number of halogens is 1. The molecule has 0 aromatic heterocycles. The van der Waals surface area contributed by atoms with Gasteiger partial charge in [-0.3, -0.25) is 4.79 Å². The molecule has 0 unspecified atom stereocenters. The highest BCUT2D eigenvalue weighted by atomic mass is 79.9. The van der Waals surface area contributed by atoms with Crippen molar-refractivity contribution in [2.24, 2.45) is 11.5 Å². The molecule has 0 radical (unpaired) electrons. The predicted molar refractivity (Wildman–Crippen MR) is 78.7 cm³/mol. The number of nitrogens with one attached hydrogen (secondary N) is 1. The van der Waals surface area contributed by atoms with Gasteiger partial charge in [-0.25, -0.2) is 0 Å². The van der Waals surface area contributed by atoms with E-state index in [-0.39, 0.29) is 5.54 Å². The van der Waals surface area contributed by atoms with Gasteiger partial charge >= 0.3 is 0 Å². The largest absolute Gasteiger partial charge is 0.378 e. The fraction of sp³-hybridized carbons (Fsp3) is 0.462. The van der Waals surface area contributed by atoms with Gasteiger partial charge < -0.3 is 16.8 Å². The summed E-state index contributed by atoms with van der Waals surface area (Å²) in [4.78, 5) is 11.5. The van der Waals surface area contributed by atoms with Gasteiger partial charge in [0.15, 0.2) is 0 Å². The van der Waals surface area contributed by atoms with Gasteiger partial charge in [0.1, 0.15) is 0 Å². The van der Waals surface area contributed by atoms with E-state index in [0.717, 1.165) is 23.0 Å². The number of amides is 1. The molecule has 0 spiro atoms. The molecule has 5 heteroatoms. The number of primary amides is 1. The van der Waals surface area contributed by atoms with E-state index in [4.69, 9.17) is 11.5 Å². The molecule has 0 heterocycles. The average molecular weight is 314 g/mol. The molecule has 4 nitrogen and oxygen atoms in total. The Balaban J connectivity index is 3.13. The normalized spacial score (nSPS) is 11.3. The molecule has 0 atom stereocenters. The van der Waals surface area contributed by atoms with Gasteiger partial charge in [-0.1, -0.05) is 29.8 Å². The Bertz CT molecular complexity index is 422. The third-order valence-electron chi connectivity index (χ3n) is 3.39. The lowest BCUT2D eigenvalue weighted by molar-refractivity contribution is 0.100. The van der Waals surface area contributed by atoms with Crippen LogP contribution in [-0.4, -0.2) is 18.0 Å². The van der Waals surface area contributed by atoms with E-state index >= 15 is 0 Å². The number of hydrogen-bond donors (Lipinski definition) is 3. The molecule has 1 aromatic carbocycles. The Hall–Kier alpha value is -1.07. The van der Waals surface area contributed by atoms with E-state index < -0.39 is 5.91 Å². The van der Waals surface area contributed by atoms with Crippen molar-refractivity contribution in [2.45, 2.75) is 32.2 Å². The molecule has 0 saturated heterocycles. The first-order chi connectivity index (χ1) is 8.48. The van der Waals surface area contributed by atoms with Gasteiger partial charge in [0, 0.05) is 22.2 Å². The van der Waals surface area contributed by atoms with E-state index in [1.807, 2.05) is 12.1 Å². The second-order valence-electron chi connectivity index (χ2n) is 4.37. The molecule has 1 rings (SSSR count). The number of carbonyl (C=O) groups excluding carboxylic acids is 1. The van der Waals surface area contributed by atoms with Crippen LogP contribution in [0.4, 0.5) is 5.69 Å². The van der Waals surface area contributed by atoms with Crippen LogP contribution in [0.1, 0.15) is 37.0 Å². The Kier molecular flexibility index (Phi) is 5.16. The number of nitrogens with two attached hydrogens (primary N) is 2. The Morgan fingerprint density at radius 1 is 1.39 bits per heavy atom. The summed E-state index contributed by atoms with van der Waals surface area (Å²) >= 11 is 3.34. The molecule has 0 fully saturated rings. The fourth-order valence-electron chi connectivity index (χ4n) is 1.88. The number of benzene rings is 1. The first-order valence-electron chi connectivity index (χ1n) is 6.05. The second-order valence-corrected chi connectivity index (χ2v) is 5.29. The lowest BCUT2D eigenvalue weighted by Crippen LogP contribution is -2.44. The standard InChI is InChI=1S/C13H20BrN3O/c1-3-13(4-2,8-15)17-11-6-5-9(14)7-10(11)12(16)18/h5-7,17H,3-4,8,15H2,1-2H3,(H2,16,18). The molecule has 0 aliphatic rings. The van der Waals surface area contributed by atoms with Crippen molar-refractivity contribution >= 4 is 27.5 Å². The average Bonchev–Trinajstić information content (AvgIpc) is 2.37. The summed E-state index contributed by atoms with van der Waals surface area (Å²) in [5, 5.41) is 3.37. The third-order valence-corrected chi connectivity index (χ3v) is 3.88. The molecule has 0 aliphatic heterocycles. The minimum Gasteiger partial charge on any atom is -0.378 e. The fourth-order valence-corrected chi connectivity index (χ4v) is 2.24. The first kappa shape index (κ1) is 15.0. The zero-order valence-electron chi connectivity index (χ0n) is 10.8. The Labute approximate surface area is 116 Å². The maximum atomic E-state index is 11.5. The zero-order chi connectivity index (χ0) is 13.8. The predicted octanol–water partition coefficient (Wildman–Crippen LogP) is 2.48. The van der Waals surface area contributed by atoms with Crippen molar-refractivity contribution in [3.63, 3.8) is 0 Å². The molecule has 18 heavy (non-hydrogen) atoms. The number of rotatable bonds is 6. The molecule has 1 amide bonds. The number of carbonyl (C=O) groups is 1. The third kappa shape index (κ3) is 3.23. The highest BCUT2D eigenvalue weighted by Crippen LogP contribution is 2.26. The van der Waals surface area contributed by atoms with Crippen molar-refractivity contribution in [3.8, 4) is 0 Å². The van der Waals surface area contributed by atoms with E-state index in [1.165, 1.54) is 0 Å². The van der Waals surface area contributed by atoms with Crippen molar-refractivity contribution in [1.82, 2.24) is 0 Å². The van der Waals surface area contributed by atoms with E-state index in [0.29, 0.717) is 12.1 Å². The van der Waals surface area contributed by atoms with E-state index in [2.05, 4.69) is 35.1 Å². The van der Waals surface area contributed by atoms with Crippen molar-refractivity contribution in [1.29, 1.82) is 0 Å². The van der Waals surface area contributed by atoms with Crippen LogP contribution >= 0.6 is 15.9 Å². The maximum Gasteiger partial charge on any atom is 0.250 e. The monoisotopic (exact) mass is 313 g/mol. The van der Waals surface area contributed by atoms with Crippen LogP contribution in [0.3, 0.4) is 0 Å². The van der Waals surface area contributed by atoms with Gasteiger partial charge in [0.25, 0.3) is 5.91 Å². The van der Waals surface area contributed by atoms with Crippen LogP contribution in [0.2, 0.25) is 0 Å².